The van der Waals surface area contributed by atoms with Crippen molar-refractivity contribution in [2.45, 2.75) is 32.3 Å². The molecule has 0 amide bonds. The molecule has 3 aromatic rings. The molecule has 1 aromatic heterocycles. The van der Waals surface area contributed by atoms with E-state index in [1.54, 1.807) is 12.1 Å². The summed E-state index contributed by atoms with van der Waals surface area (Å²) in [5.74, 6) is 1.20. The Balaban J connectivity index is 1.71. The van der Waals surface area contributed by atoms with E-state index in [0.29, 0.717) is 29.3 Å². The van der Waals surface area contributed by atoms with E-state index in [9.17, 15) is 5.11 Å². The zero-order chi connectivity index (χ0) is 21.1. The molecule has 30 heavy (non-hydrogen) atoms. The molecule has 1 fully saturated rings. The zero-order valence-corrected chi connectivity index (χ0v) is 17.2. The number of nitrogen functional groups attached to an aromatic ring is 2. The van der Waals surface area contributed by atoms with E-state index in [1.165, 1.54) is 0 Å². The van der Waals surface area contributed by atoms with Crippen LogP contribution in [-0.4, -0.2) is 23.2 Å². The third-order valence-corrected chi connectivity index (χ3v) is 5.76. The number of ether oxygens (including phenoxy) is 1. The summed E-state index contributed by atoms with van der Waals surface area (Å²) in [5, 5.41) is 14.1. The Bertz CT molecular complexity index is 1050. The quantitative estimate of drug-likeness (QED) is 0.513. The van der Waals surface area contributed by atoms with E-state index in [0.717, 1.165) is 42.6 Å². The number of aromatic nitrogens is 1. The summed E-state index contributed by atoms with van der Waals surface area (Å²) in [6, 6.07) is 15.2. The summed E-state index contributed by atoms with van der Waals surface area (Å²) < 4.78 is 6.11. The first-order chi connectivity index (χ1) is 14.5. The van der Waals surface area contributed by atoms with Crippen molar-refractivity contribution in [3.63, 3.8) is 0 Å². The predicted octanol–water partition coefficient (Wildman–Crippen LogP) is 3.97. The molecule has 1 saturated heterocycles. The van der Waals surface area contributed by atoms with Gasteiger partial charge in [0.15, 0.2) is 0 Å². The fourth-order valence-electron chi connectivity index (χ4n) is 4.00. The van der Waals surface area contributed by atoms with Crippen molar-refractivity contribution in [2.24, 2.45) is 0 Å². The third kappa shape index (κ3) is 4.04. The van der Waals surface area contributed by atoms with Gasteiger partial charge in [0.05, 0.1) is 16.9 Å². The van der Waals surface area contributed by atoms with Crippen LogP contribution in [0, 0.1) is 6.92 Å². The second kappa shape index (κ2) is 8.63. The van der Waals surface area contributed by atoms with Crippen LogP contribution in [0.1, 0.15) is 35.4 Å². The van der Waals surface area contributed by atoms with Crippen LogP contribution in [0.2, 0.25) is 0 Å². The molecule has 156 valence electrons. The lowest BCUT2D eigenvalue weighted by Gasteiger charge is -2.25. The van der Waals surface area contributed by atoms with Crippen molar-refractivity contribution in [2.75, 3.05) is 24.6 Å². The number of piperidine rings is 1. The molecular formula is C24H28N4O2. The van der Waals surface area contributed by atoms with E-state index in [2.05, 4.69) is 23.3 Å². The lowest BCUT2D eigenvalue weighted by molar-refractivity contribution is 0.305. The van der Waals surface area contributed by atoms with Gasteiger partial charge in [-0.3, -0.25) is 0 Å². The number of aromatic hydroxyl groups is 1. The number of anilines is 2. The van der Waals surface area contributed by atoms with Gasteiger partial charge in [0.25, 0.3) is 0 Å². The summed E-state index contributed by atoms with van der Waals surface area (Å²) in [6.45, 7) is 4.31. The van der Waals surface area contributed by atoms with Gasteiger partial charge in [-0.15, -0.1) is 0 Å². The van der Waals surface area contributed by atoms with Gasteiger partial charge < -0.3 is 26.6 Å². The first-order valence-electron chi connectivity index (χ1n) is 10.3. The minimum absolute atomic E-state index is 0.0988. The lowest BCUT2D eigenvalue weighted by Crippen LogP contribution is -2.29. The maximum atomic E-state index is 10.7. The minimum atomic E-state index is 0.0988. The molecular weight excluding hydrogens is 376 g/mol. The Morgan fingerprint density at radius 2 is 2.00 bits per heavy atom. The van der Waals surface area contributed by atoms with E-state index >= 15 is 0 Å². The fourth-order valence-corrected chi connectivity index (χ4v) is 4.00. The molecule has 1 aliphatic heterocycles. The predicted molar refractivity (Wildman–Crippen MR) is 121 cm³/mol. The van der Waals surface area contributed by atoms with Crippen LogP contribution < -0.4 is 21.5 Å². The number of hydrogen-bond donors (Lipinski definition) is 4. The van der Waals surface area contributed by atoms with Gasteiger partial charge in [0, 0.05) is 6.54 Å². The molecule has 0 saturated carbocycles. The maximum Gasteiger partial charge on any atom is 0.147 e. The smallest absolute Gasteiger partial charge is 0.147 e. The molecule has 6 N–H and O–H groups in total. The number of pyridine rings is 1. The van der Waals surface area contributed by atoms with Crippen LogP contribution in [0.25, 0.3) is 11.3 Å². The molecule has 1 aliphatic rings. The first kappa shape index (κ1) is 20.0. The molecule has 1 atom stereocenters. The second-order valence-corrected chi connectivity index (χ2v) is 7.80. The largest absolute Gasteiger partial charge is 0.507 e. The van der Waals surface area contributed by atoms with E-state index in [-0.39, 0.29) is 17.5 Å². The molecule has 1 unspecified atom stereocenters. The number of nitrogens with one attached hydrogen (secondary N) is 1. The minimum Gasteiger partial charge on any atom is -0.507 e. The average molecular weight is 405 g/mol. The van der Waals surface area contributed by atoms with Gasteiger partial charge in [-0.25, -0.2) is 4.98 Å². The Morgan fingerprint density at radius 1 is 1.17 bits per heavy atom. The molecule has 0 bridgehead atoms. The molecule has 2 aromatic carbocycles. The summed E-state index contributed by atoms with van der Waals surface area (Å²) in [7, 11) is 0. The van der Waals surface area contributed by atoms with Gasteiger partial charge in [0.1, 0.15) is 23.9 Å². The van der Waals surface area contributed by atoms with Crippen molar-refractivity contribution in [3.8, 4) is 22.8 Å². The number of benzene rings is 2. The number of nitrogens with two attached hydrogens (primary N) is 2. The van der Waals surface area contributed by atoms with Crippen molar-refractivity contribution in [1.29, 1.82) is 0 Å². The van der Waals surface area contributed by atoms with Gasteiger partial charge in [-0.2, -0.15) is 0 Å². The van der Waals surface area contributed by atoms with Gasteiger partial charge in [-0.05, 0) is 67.1 Å². The van der Waals surface area contributed by atoms with Crippen molar-refractivity contribution in [1.82, 2.24) is 10.3 Å². The molecule has 0 aliphatic carbocycles. The van der Waals surface area contributed by atoms with E-state index in [1.807, 2.05) is 30.3 Å². The highest BCUT2D eigenvalue weighted by molar-refractivity contribution is 5.78. The SMILES string of the molecule is Cc1ccccc1COc1cccc(O)c1-c1cc(C2CCCNC2)c(N)c(N)n1. The number of phenols is 1. The Kier molecular flexibility index (Phi) is 5.77. The third-order valence-electron chi connectivity index (χ3n) is 5.76. The monoisotopic (exact) mass is 404 g/mol. The van der Waals surface area contributed by atoms with Crippen LogP contribution in [0.4, 0.5) is 11.5 Å². The van der Waals surface area contributed by atoms with Crippen LogP contribution >= 0.6 is 0 Å². The van der Waals surface area contributed by atoms with Gasteiger partial charge in [0.2, 0.25) is 0 Å². The number of rotatable bonds is 5. The van der Waals surface area contributed by atoms with Crippen LogP contribution in [-0.2, 0) is 6.61 Å². The summed E-state index contributed by atoms with van der Waals surface area (Å²) in [4.78, 5) is 4.48. The average Bonchev–Trinajstić information content (AvgIpc) is 2.76. The van der Waals surface area contributed by atoms with Gasteiger partial charge >= 0.3 is 0 Å². The van der Waals surface area contributed by atoms with Crippen molar-refractivity contribution >= 4 is 11.5 Å². The number of hydrogen-bond acceptors (Lipinski definition) is 6. The first-order valence-corrected chi connectivity index (χ1v) is 10.3. The van der Waals surface area contributed by atoms with Crippen molar-refractivity contribution < 1.29 is 9.84 Å². The maximum absolute atomic E-state index is 10.7. The molecule has 6 nitrogen and oxygen atoms in total. The Labute approximate surface area is 176 Å². The highest BCUT2D eigenvalue weighted by atomic mass is 16.5. The lowest BCUT2D eigenvalue weighted by atomic mass is 9.89. The highest BCUT2D eigenvalue weighted by Crippen LogP contribution is 2.41. The van der Waals surface area contributed by atoms with Crippen LogP contribution in [0.15, 0.2) is 48.5 Å². The topological polar surface area (TPSA) is 106 Å². The molecule has 2 heterocycles. The molecule has 6 heteroatoms. The zero-order valence-electron chi connectivity index (χ0n) is 17.2. The number of nitrogens with zero attached hydrogens (tertiary/aromatic N) is 1. The second-order valence-electron chi connectivity index (χ2n) is 7.80. The Hall–Kier alpha value is -3.25. The summed E-state index contributed by atoms with van der Waals surface area (Å²) >= 11 is 0. The normalized spacial score (nSPS) is 16.4. The summed E-state index contributed by atoms with van der Waals surface area (Å²) in [6.07, 6.45) is 2.13. The number of aryl methyl sites for hydroxylation is 1. The van der Waals surface area contributed by atoms with E-state index in [4.69, 9.17) is 16.2 Å². The fraction of sp³-hybridized carbons (Fsp3) is 0.292. The van der Waals surface area contributed by atoms with E-state index < -0.39 is 0 Å². The summed E-state index contributed by atoms with van der Waals surface area (Å²) in [5.41, 5.74) is 17.3. The molecule has 0 spiro atoms. The van der Waals surface area contributed by atoms with Crippen LogP contribution in [0.3, 0.4) is 0 Å². The highest BCUT2D eigenvalue weighted by Gasteiger charge is 2.22. The standard InChI is InChI=1S/C24H28N4O2/c1-15-6-2-3-7-17(15)14-30-21-10-4-9-20(29)22(21)19-12-18(23(25)24(26)28-19)16-8-5-11-27-13-16/h2-4,6-7,9-10,12,16,27,29H,5,8,11,13-14,25H2,1H3,(H2,26,28). The molecule has 0 radical (unpaired) electrons. The van der Waals surface area contributed by atoms with Gasteiger partial charge in [-0.1, -0.05) is 30.3 Å². The number of phenolic OH excluding ortho intramolecular Hbond substituents is 1. The Morgan fingerprint density at radius 3 is 2.77 bits per heavy atom. The molecule has 4 rings (SSSR count). The van der Waals surface area contributed by atoms with Crippen molar-refractivity contribution in [3.05, 3.63) is 65.2 Å². The van der Waals surface area contributed by atoms with Crippen LogP contribution in [0.5, 0.6) is 11.5 Å².